The van der Waals surface area contributed by atoms with E-state index in [0.29, 0.717) is 18.4 Å². The van der Waals surface area contributed by atoms with E-state index in [0.717, 1.165) is 6.42 Å². The lowest BCUT2D eigenvalue weighted by molar-refractivity contribution is -0.140. The highest BCUT2D eigenvalue weighted by atomic mass is 16.5. The van der Waals surface area contributed by atoms with Crippen LogP contribution in [0, 0.1) is 11.8 Å². The van der Waals surface area contributed by atoms with Crippen molar-refractivity contribution in [2.45, 2.75) is 19.8 Å². The molecule has 2 aliphatic rings. The number of ether oxygens (including phenoxy) is 1. The first-order valence-corrected chi connectivity index (χ1v) is 4.14. The Hall–Kier alpha value is -0.790. The fourth-order valence-electron chi connectivity index (χ4n) is 1.96. The second-order valence-corrected chi connectivity index (χ2v) is 3.47. The van der Waals surface area contributed by atoms with Crippen molar-refractivity contribution in [1.29, 1.82) is 0 Å². The zero-order valence-corrected chi connectivity index (χ0v) is 6.67. The van der Waals surface area contributed by atoms with Crippen molar-refractivity contribution in [3.63, 3.8) is 0 Å². The van der Waals surface area contributed by atoms with E-state index in [1.165, 1.54) is 12.0 Å². The number of esters is 1. The van der Waals surface area contributed by atoms with E-state index < -0.39 is 0 Å². The first kappa shape index (κ1) is 6.89. The monoisotopic (exact) mass is 152 g/mol. The number of fused-ring (bicyclic) bond motifs is 1. The lowest BCUT2D eigenvalue weighted by Crippen LogP contribution is -2.21. The fraction of sp³-hybridized carbons (Fsp3) is 0.667. The molecule has 11 heavy (non-hydrogen) atoms. The Bertz CT molecular complexity index is 218. The SMILES string of the molecule is C[C@@H]1CCC2=CC(=O)OC[C@@H]21. The van der Waals surface area contributed by atoms with Gasteiger partial charge in [0, 0.05) is 12.0 Å². The molecule has 0 spiro atoms. The van der Waals surface area contributed by atoms with Crippen molar-refractivity contribution in [1.82, 2.24) is 0 Å². The maximum Gasteiger partial charge on any atom is 0.330 e. The first-order valence-electron chi connectivity index (χ1n) is 4.14. The van der Waals surface area contributed by atoms with Gasteiger partial charge < -0.3 is 4.74 Å². The summed E-state index contributed by atoms with van der Waals surface area (Å²) in [7, 11) is 0. The van der Waals surface area contributed by atoms with Gasteiger partial charge in [-0.15, -0.1) is 0 Å². The van der Waals surface area contributed by atoms with Gasteiger partial charge in [0.25, 0.3) is 0 Å². The Kier molecular flexibility index (Phi) is 1.48. The van der Waals surface area contributed by atoms with Crippen LogP contribution in [0.4, 0.5) is 0 Å². The predicted octanol–water partition coefficient (Wildman–Crippen LogP) is 1.52. The molecule has 0 saturated heterocycles. The van der Waals surface area contributed by atoms with E-state index in [-0.39, 0.29) is 5.97 Å². The van der Waals surface area contributed by atoms with Crippen LogP contribution in [0.15, 0.2) is 11.6 Å². The number of carbonyl (C=O) groups excluding carboxylic acids is 1. The molecule has 1 heterocycles. The van der Waals surface area contributed by atoms with Gasteiger partial charge >= 0.3 is 5.97 Å². The Morgan fingerprint density at radius 2 is 2.45 bits per heavy atom. The molecule has 0 N–H and O–H groups in total. The lowest BCUT2D eigenvalue weighted by atomic mass is 9.94. The van der Waals surface area contributed by atoms with Crippen LogP contribution in [0.25, 0.3) is 0 Å². The molecule has 2 atom stereocenters. The molecule has 1 saturated carbocycles. The summed E-state index contributed by atoms with van der Waals surface area (Å²) in [4.78, 5) is 10.8. The molecule has 0 aromatic carbocycles. The van der Waals surface area contributed by atoms with Gasteiger partial charge in [-0.05, 0) is 18.8 Å². The topological polar surface area (TPSA) is 26.3 Å². The molecule has 1 aliphatic heterocycles. The normalized spacial score (nSPS) is 36.1. The maximum atomic E-state index is 10.8. The van der Waals surface area contributed by atoms with Gasteiger partial charge in [0.1, 0.15) is 0 Å². The molecule has 0 bridgehead atoms. The summed E-state index contributed by atoms with van der Waals surface area (Å²) < 4.78 is 4.95. The van der Waals surface area contributed by atoms with Crippen molar-refractivity contribution in [3.05, 3.63) is 11.6 Å². The molecule has 0 aromatic heterocycles. The number of carbonyl (C=O) groups is 1. The van der Waals surface area contributed by atoms with Crippen LogP contribution in [0.5, 0.6) is 0 Å². The predicted molar refractivity (Wildman–Crippen MR) is 40.9 cm³/mol. The van der Waals surface area contributed by atoms with Crippen molar-refractivity contribution >= 4 is 5.97 Å². The highest BCUT2D eigenvalue weighted by Gasteiger charge is 2.32. The second kappa shape index (κ2) is 2.36. The van der Waals surface area contributed by atoms with Crippen LogP contribution in [0.1, 0.15) is 19.8 Å². The van der Waals surface area contributed by atoms with E-state index >= 15 is 0 Å². The minimum atomic E-state index is -0.148. The van der Waals surface area contributed by atoms with Crippen LogP contribution in [0.3, 0.4) is 0 Å². The molecular weight excluding hydrogens is 140 g/mol. The molecule has 2 nitrogen and oxygen atoms in total. The minimum Gasteiger partial charge on any atom is -0.462 e. The number of hydrogen-bond donors (Lipinski definition) is 0. The Balaban J connectivity index is 2.24. The molecule has 2 heteroatoms. The van der Waals surface area contributed by atoms with Gasteiger partial charge in [0.15, 0.2) is 0 Å². The smallest absolute Gasteiger partial charge is 0.330 e. The standard InChI is InChI=1S/C9H12O2/c1-6-2-3-7-4-9(10)11-5-8(6)7/h4,6,8H,2-3,5H2,1H3/t6-,8-/m1/s1. The number of hydrogen-bond acceptors (Lipinski definition) is 2. The summed E-state index contributed by atoms with van der Waals surface area (Å²) in [5.74, 6) is 1.09. The zero-order valence-electron chi connectivity index (χ0n) is 6.67. The van der Waals surface area contributed by atoms with Gasteiger partial charge in [-0.2, -0.15) is 0 Å². The van der Waals surface area contributed by atoms with Crippen molar-refractivity contribution in [2.24, 2.45) is 11.8 Å². The molecule has 0 unspecified atom stereocenters. The molecule has 1 fully saturated rings. The quantitative estimate of drug-likeness (QED) is 0.492. The van der Waals surface area contributed by atoms with Gasteiger partial charge in [0.2, 0.25) is 0 Å². The largest absolute Gasteiger partial charge is 0.462 e. The van der Waals surface area contributed by atoms with Crippen LogP contribution in [0.2, 0.25) is 0 Å². The van der Waals surface area contributed by atoms with Crippen LogP contribution < -0.4 is 0 Å². The highest BCUT2D eigenvalue weighted by Crippen LogP contribution is 2.38. The first-order chi connectivity index (χ1) is 5.27. The zero-order chi connectivity index (χ0) is 7.84. The van der Waals surface area contributed by atoms with Crippen LogP contribution in [-0.4, -0.2) is 12.6 Å². The summed E-state index contributed by atoms with van der Waals surface area (Å²) in [5.41, 5.74) is 1.31. The van der Waals surface area contributed by atoms with E-state index in [1.54, 1.807) is 6.08 Å². The third kappa shape index (κ3) is 1.06. The van der Waals surface area contributed by atoms with Gasteiger partial charge in [-0.3, -0.25) is 0 Å². The molecule has 0 amide bonds. The van der Waals surface area contributed by atoms with Crippen molar-refractivity contribution in [2.75, 3.05) is 6.61 Å². The third-order valence-corrected chi connectivity index (χ3v) is 2.76. The molecule has 0 radical (unpaired) electrons. The molecular formula is C9H12O2. The lowest BCUT2D eigenvalue weighted by Gasteiger charge is -2.20. The van der Waals surface area contributed by atoms with Crippen LogP contribution in [-0.2, 0) is 9.53 Å². The highest BCUT2D eigenvalue weighted by molar-refractivity contribution is 5.83. The molecule has 1 aliphatic carbocycles. The summed E-state index contributed by atoms with van der Waals surface area (Å²) in [6.45, 7) is 2.84. The Morgan fingerprint density at radius 1 is 1.64 bits per heavy atom. The Labute approximate surface area is 66.2 Å². The fourth-order valence-corrected chi connectivity index (χ4v) is 1.96. The van der Waals surface area contributed by atoms with Crippen molar-refractivity contribution < 1.29 is 9.53 Å². The Morgan fingerprint density at radius 3 is 3.27 bits per heavy atom. The van der Waals surface area contributed by atoms with E-state index in [4.69, 9.17) is 4.74 Å². The summed E-state index contributed by atoms with van der Waals surface area (Å²) in [6.07, 6.45) is 3.99. The van der Waals surface area contributed by atoms with Gasteiger partial charge in [-0.25, -0.2) is 4.79 Å². The van der Waals surface area contributed by atoms with Gasteiger partial charge in [-0.1, -0.05) is 12.5 Å². The van der Waals surface area contributed by atoms with E-state index in [9.17, 15) is 4.79 Å². The van der Waals surface area contributed by atoms with E-state index in [1.807, 2.05) is 0 Å². The second-order valence-electron chi connectivity index (χ2n) is 3.47. The number of cyclic esters (lactones) is 1. The maximum absolute atomic E-state index is 10.8. The summed E-state index contributed by atoms with van der Waals surface area (Å²) >= 11 is 0. The molecule has 2 rings (SSSR count). The van der Waals surface area contributed by atoms with Crippen LogP contribution >= 0.6 is 0 Å². The van der Waals surface area contributed by atoms with Crippen molar-refractivity contribution in [3.8, 4) is 0 Å². The number of rotatable bonds is 0. The summed E-state index contributed by atoms with van der Waals surface area (Å²) in [5, 5.41) is 0. The molecule has 0 aromatic rings. The van der Waals surface area contributed by atoms with Gasteiger partial charge in [0.05, 0.1) is 6.61 Å². The average molecular weight is 152 g/mol. The third-order valence-electron chi connectivity index (χ3n) is 2.76. The van der Waals surface area contributed by atoms with E-state index in [2.05, 4.69) is 6.92 Å². The summed E-state index contributed by atoms with van der Waals surface area (Å²) in [6, 6.07) is 0. The average Bonchev–Trinajstić information content (AvgIpc) is 2.32. The minimum absolute atomic E-state index is 0.148. The molecule has 60 valence electrons.